The van der Waals surface area contributed by atoms with Gasteiger partial charge in [0.05, 0.1) is 12.2 Å². The number of alkyl halides is 3. The van der Waals surface area contributed by atoms with E-state index in [1.165, 1.54) is 12.1 Å². The Morgan fingerprint density at radius 3 is 2.06 bits per heavy atom. The maximum absolute atomic E-state index is 12.7. The molecule has 0 bridgehead atoms. The van der Waals surface area contributed by atoms with Crippen LogP contribution in [0.2, 0.25) is 0 Å². The van der Waals surface area contributed by atoms with Crippen molar-refractivity contribution in [1.29, 1.82) is 0 Å². The van der Waals surface area contributed by atoms with Gasteiger partial charge in [0.1, 0.15) is 5.75 Å². The number of nitrogens with zero attached hydrogens (tertiary/aromatic N) is 2. The van der Waals surface area contributed by atoms with E-state index < -0.39 is 11.7 Å². The van der Waals surface area contributed by atoms with Crippen molar-refractivity contribution in [2.45, 2.75) is 25.9 Å². The quantitative estimate of drug-likeness (QED) is 0.642. The molecule has 1 aliphatic heterocycles. The van der Waals surface area contributed by atoms with Crippen LogP contribution < -0.4 is 4.74 Å². The van der Waals surface area contributed by atoms with E-state index in [0.29, 0.717) is 45.6 Å². The average Bonchev–Trinajstić information content (AvgIpc) is 2.77. The van der Waals surface area contributed by atoms with Crippen molar-refractivity contribution in [3.8, 4) is 5.75 Å². The second kappa shape index (κ2) is 9.85. The Morgan fingerprint density at radius 1 is 0.903 bits per heavy atom. The van der Waals surface area contributed by atoms with Gasteiger partial charge in [-0.2, -0.15) is 13.2 Å². The highest BCUT2D eigenvalue weighted by molar-refractivity contribution is 5.94. The SMILES string of the molecule is Cc1ccc(OCCCC(=O)N2CCN(C(=O)c3ccc(C(F)(F)F)cc3)CC2)cc1. The van der Waals surface area contributed by atoms with Crippen molar-refractivity contribution < 1.29 is 27.5 Å². The van der Waals surface area contributed by atoms with Gasteiger partial charge in [0, 0.05) is 38.2 Å². The van der Waals surface area contributed by atoms with Crippen LogP contribution in [0.4, 0.5) is 13.2 Å². The lowest BCUT2D eigenvalue weighted by atomic mass is 10.1. The molecular formula is C23H25F3N2O3. The summed E-state index contributed by atoms with van der Waals surface area (Å²) in [5.74, 6) is 0.454. The summed E-state index contributed by atoms with van der Waals surface area (Å²) in [5.41, 5.74) is 0.574. The van der Waals surface area contributed by atoms with Crippen LogP contribution in [-0.4, -0.2) is 54.4 Å². The van der Waals surface area contributed by atoms with Crippen molar-refractivity contribution in [3.05, 3.63) is 65.2 Å². The zero-order valence-electron chi connectivity index (χ0n) is 17.3. The first-order valence-electron chi connectivity index (χ1n) is 10.2. The molecule has 0 aromatic heterocycles. The molecule has 2 amide bonds. The number of hydrogen-bond donors (Lipinski definition) is 0. The number of hydrogen-bond acceptors (Lipinski definition) is 3. The molecule has 1 fully saturated rings. The number of aryl methyl sites for hydroxylation is 1. The lowest BCUT2D eigenvalue weighted by molar-refractivity contribution is -0.137. The molecule has 2 aromatic carbocycles. The third kappa shape index (κ3) is 6.23. The topological polar surface area (TPSA) is 49.9 Å². The Bertz CT molecular complexity index is 888. The summed E-state index contributed by atoms with van der Waals surface area (Å²) >= 11 is 0. The Kier molecular flexibility index (Phi) is 7.20. The summed E-state index contributed by atoms with van der Waals surface area (Å²) in [4.78, 5) is 28.2. The smallest absolute Gasteiger partial charge is 0.416 e. The van der Waals surface area contributed by atoms with Gasteiger partial charge in [0.2, 0.25) is 5.91 Å². The zero-order valence-corrected chi connectivity index (χ0v) is 17.3. The van der Waals surface area contributed by atoms with Crippen LogP contribution in [0.25, 0.3) is 0 Å². The molecule has 0 aliphatic carbocycles. The number of piperazine rings is 1. The van der Waals surface area contributed by atoms with Gasteiger partial charge < -0.3 is 14.5 Å². The Morgan fingerprint density at radius 2 is 1.48 bits per heavy atom. The number of amides is 2. The second-order valence-corrected chi connectivity index (χ2v) is 7.51. The highest BCUT2D eigenvalue weighted by Gasteiger charge is 2.31. The van der Waals surface area contributed by atoms with Crippen LogP contribution >= 0.6 is 0 Å². The monoisotopic (exact) mass is 434 g/mol. The Hall–Kier alpha value is -3.03. The molecule has 1 heterocycles. The summed E-state index contributed by atoms with van der Waals surface area (Å²) in [6.45, 7) is 3.96. The van der Waals surface area contributed by atoms with E-state index in [9.17, 15) is 22.8 Å². The number of carbonyl (C=O) groups excluding carboxylic acids is 2. The van der Waals surface area contributed by atoms with Crippen molar-refractivity contribution in [2.75, 3.05) is 32.8 Å². The van der Waals surface area contributed by atoms with E-state index in [4.69, 9.17) is 4.74 Å². The van der Waals surface area contributed by atoms with Crippen molar-refractivity contribution in [1.82, 2.24) is 9.80 Å². The summed E-state index contributed by atoms with van der Waals surface area (Å²) in [6.07, 6.45) is -3.48. The molecule has 8 heteroatoms. The zero-order chi connectivity index (χ0) is 22.4. The van der Waals surface area contributed by atoms with Gasteiger partial charge in [-0.25, -0.2) is 0 Å². The third-order valence-electron chi connectivity index (χ3n) is 5.20. The number of halogens is 3. The van der Waals surface area contributed by atoms with Crippen LogP contribution in [-0.2, 0) is 11.0 Å². The van der Waals surface area contributed by atoms with E-state index >= 15 is 0 Å². The molecule has 2 aromatic rings. The van der Waals surface area contributed by atoms with Crippen molar-refractivity contribution in [2.24, 2.45) is 0 Å². The largest absolute Gasteiger partial charge is 0.494 e. The van der Waals surface area contributed by atoms with Crippen LogP contribution in [0.15, 0.2) is 48.5 Å². The number of ether oxygens (including phenoxy) is 1. The van der Waals surface area contributed by atoms with E-state index in [1.807, 2.05) is 31.2 Å². The lowest BCUT2D eigenvalue weighted by Crippen LogP contribution is -2.50. The Labute approximate surface area is 179 Å². The fourth-order valence-electron chi connectivity index (χ4n) is 3.35. The van der Waals surface area contributed by atoms with Gasteiger partial charge in [-0.15, -0.1) is 0 Å². The molecule has 3 rings (SSSR count). The van der Waals surface area contributed by atoms with Gasteiger partial charge in [0.15, 0.2) is 0 Å². The maximum Gasteiger partial charge on any atom is 0.416 e. The predicted octanol–water partition coefficient (Wildman–Crippen LogP) is 4.16. The van der Waals surface area contributed by atoms with Crippen LogP contribution in [0, 0.1) is 6.92 Å². The molecule has 31 heavy (non-hydrogen) atoms. The molecule has 0 spiro atoms. The summed E-state index contributed by atoms with van der Waals surface area (Å²) in [6, 6.07) is 11.9. The van der Waals surface area contributed by atoms with E-state index in [1.54, 1.807) is 9.80 Å². The number of carbonyl (C=O) groups is 2. The Balaban J connectivity index is 1.40. The normalized spacial score (nSPS) is 14.5. The number of benzene rings is 2. The molecule has 1 saturated heterocycles. The lowest BCUT2D eigenvalue weighted by Gasteiger charge is -2.35. The van der Waals surface area contributed by atoms with E-state index in [-0.39, 0.29) is 17.4 Å². The van der Waals surface area contributed by atoms with Crippen LogP contribution in [0.5, 0.6) is 5.75 Å². The predicted molar refractivity (Wildman–Crippen MR) is 110 cm³/mol. The fraction of sp³-hybridized carbons (Fsp3) is 0.391. The van der Waals surface area contributed by atoms with Crippen molar-refractivity contribution >= 4 is 11.8 Å². The van der Waals surface area contributed by atoms with Gasteiger partial charge in [-0.3, -0.25) is 9.59 Å². The molecule has 0 saturated carbocycles. The van der Waals surface area contributed by atoms with Gasteiger partial charge in [-0.05, 0) is 49.7 Å². The molecule has 166 valence electrons. The first kappa shape index (κ1) is 22.7. The molecule has 5 nitrogen and oxygen atoms in total. The van der Waals surface area contributed by atoms with Gasteiger partial charge >= 0.3 is 6.18 Å². The maximum atomic E-state index is 12.7. The van der Waals surface area contributed by atoms with E-state index in [0.717, 1.165) is 23.4 Å². The molecule has 1 aliphatic rings. The minimum Gasteiger partial charge on any atom is -0.494 e. The molecule has 0 N–H and O–H groups in total. The molecule has 0 unspecified atom stereocenters. The third-order valence-corrected chi connectivity index (χ3v) is 5.20. The minimum absolute atomic E-state index is 0.00846. The standard InChI is InChI=1S/C23H25F3N2O3/c1-17-4-10-20(11-5-17)31-16-2-3-21(29)27-12-14-28(15-13-27)22(30)18-6-8-19(9-7-18)23(24,25)26/h4-11H,2-3,12-16H2,1H3. The minimum atomic E-state index is -4.43. The van der Waals surface area contributed by atoms with Crippen molar-refractivity contribution in [3.63, 3.8) is 0 Å². The highest BCUT2D eigenvalue weighted by Crippen LogP contribution is 2.29. The summed E-state index contributed by atoms with van der Waals surface area (Å²) < 4.78 is 43.6. The first-order chi connectivity index (χ1) is 14.7. The number of rotatable bonds is 6. The summed E-state index contributed by atoms with van der Waals surface area (Å²) in [7, 11) is 0. The summed E-state index contributed by atoms with van der Waals surface area (Å²) in [5, 5.41) is 0. The van der Waals surface area contributed by atoms with Crippen LogP contribution in [0.1, 0.15) is 34.3 Å². The molecular weight excluding hydrogens is 409 g/mol. The van der Waals surface area contributed by atoms with Gasteiger partial charge in [-0.1, -0.05) is 17.7 Å². The van der Waals surface area contributed by atoms with Crippen LogP contribution in [0.3, 0.4) is 0 Å². The van der Waals surface area contributed by atoms with Gasteiger partial charge in [0.25, 0.3) is 5.91 Å². The van der Waals surface area contributed by atoms with E-state index in [2.05, 4.69) is 0 Å². The second-order valence-electron chi connectivity index (χ2n) is 7.51. The highest BCUT2D eigenvalue weighted by atomic mass is 19.4. The average molecular weight is 434 g/mol. The first-order valence-corrected chi connectivity index (χ1v) is 10.2. The molecule has 0 atom stereocenters. The fourth-order valence-corrected chi connectivity index (χ4v) is 3.35. The molecule has 0 radical (unpaired) electrons.